The van der Waals surface area contributed by atoms with Crippen LogP contribution >= 0.6 is 11.8 Å². The van der Waals surface area contributed by atoms with Crippen LogP contribution in [-0.2, 0) is 9.59 Å². The summed E-state index contributed by atoms with van der Waals surface area (Å²) in [5.41, 5.74) is 0. The highest BCUT2D eigenvalue weighted by Crippen LogP contribution is 2.25. The minimum Gasteiger partial charge on any atom is -0.394 e. The number of aliphatic hydroxyl groups excluding tert-OH is 2. The number of hydrogen-bond acceptors (Lipinski definition) is 5. The van der Waals surface area contributed by atoms with Crippen LogP contribution in [0.3, 0.4) is 0 Å². The van der Waals surface area contributed by atoms with Gasteiger partial charge in [0.25, 0.3) is 0 Å². The SMILES string of the molecule is CC(=O)SC1CC(=O)N(C(CO)CO)C1. The van der Waals surface area contributed by atoms with Crippen LogP contribution < -0.4 is 0 Å². The molecule has 0 radical (unpaired) electrons. The molecule has 5 nitrogen and oxygen atoms in total. The summed E-state index contributed by atoms with van der Waals surface area (Å²) in [5, 5.41) is 17.8. The van der Waals surface area contributed by atoms with Crippen molar-refractivity contribution in [1.29, 1.82) is 0 Å². The van der Waals surface area contributed by atoms with Gasteiger partial charge < -0.3 is 15.1 Å². The molecule has 0 saturated carbocycles. The van der Waals surface area contributed by atoms with E-state index in [0.29, 0.717) is 13.0 Å². The highest BCUT2D eigenvalue weighted by Gasteiger charge is 2.34. The summed E-state index contributed by atoms with van der Waals surface area (Å²) in [6, 6.07) is -0.532. The number of rotatable bonds is 4. The zero-order chi connectivity index (χ0) is 11.4. The second-order valence-electron chi connectivity index (χ2n) is 3.50. The summed E-state index contributed by atoms with van der Waals surface area (Å²) >= 11 is 1.14. The van der Waals surface area contributed by atoms with Gasteiger partial charge in [-0.1, -0.05) is 11.8 Å². The number of hydrogen-bond donors (Lipinski definition) is 2. The monoisotopic (exact) mass is 233 g/mol. The van der Waals surface area contributed by atoms with Gasteiger partial charge in [-0.3, -0.25) is 9.59 Å². The predicted octanol–water partition coefficient (Wildman–Crippen LogP) is -0.780. The van der Waals surface area contributed by atoms with Crippen LogP contribution in [0.15, 0.2) is 0 Å². The Morgan fingerprint density at radius 2 is 2.20 bits per heavy atom. The average molecular weight is 233 g/mol. The molecule has 0 aromatic rings. The number of carbonyl (C=O) groups is 2. The second kappa shape index (κ2) is 5.48. The van der Waals surface area contributed by atoms with Crippen LogP contribution in [-0.4, -0.2) is 57.2 Å². The molecule has 1 rings (SSSR count). The van der Waals surface area contributed by atoms with Gasteiger partial charge in [0.1, 0.15) is 0 Å². The molecular formula is C9H15NO4S. The van der Waals surface area contributed by atoms with Crippen LogP contribution in [0, 0.1) is 0 Å². The number of likely N-dealkylation sites (tertiary alicyclic amines) is 1. The fourth-order valence-corrected chi connectivity index (χ4v) is 2.55. The lowest BCUT2D eigenvalue weighted by Gasteiger charge is -2.24. The van der Waals surface area contributed by atoms with Crippen molar-refractivity contribution in [3.8, 4) is 0 Å². The van der Waals surface area contributed by atoms with E-state index < -0.39 is 6.04 Å². The predicted molar refractivity (Wildman–Crippen MR) is 56.3 cm³/mol. The normalized spacial score (nSPS) is 21.5. The van der Waals surface area contributed by atoms with Crippen molar-refractivity contribution in [1.82, 2.24) is 4.90 Å². The summed E-state index contributed by atoms with van der Waals surface area (Å²) in [6.07, 6.45) is 0.306. The van der Waals surface area contributed by atoms with E-state index in [0.717, 1.165) is 11.8 Å². The lowest BCUT2D eigenvalue weighted by molar-refractivity contribution is -0.131. The first-order valence-electron chi connectivity index (χ1n) is 4.77. The first kappa shape index (κ1) is 12.5. The van der Waals surface area contributed by atoms with E-state index >= 15 is 0 Å². The Balaban J connectivity index is 2.55. The molecule has 86 valence electrons. The lowest BCUT2D eigenvalue weighted by Crippen LogP contribution is -2.41. The van der Waals surface area contributed by atoms with Gasteiger partial charge in [0.05, 0.1) is 19.3 Å². The van der Waals surface area contributed by atoms with Crippen LogP contribution in [0.25, 0.3) is 0 Å². The first-order valence-corrected chi connectivity index (χ1v) is 5.64. The summed E-state index contributed by atoms with van der Waals surface area (Å²) in [7, 11) is 0. The summed E-state index contributed by atoms with van der Waals surface area (Å²) in [6.45, 7) is 1.39. The second-order valence-corrected chi connectivity index (χ2v) is 4.98. The van der Waals surface area contributed by atoms with E-state index in [1.807, 2.05) is 0 Å². The Kier molecular flexibility index (Phi) is 4.56. The molecule has 0 bridgehead atoms. The van der Waals surface area contributed by atoms with Gasteiger partial charge in [-0.25, -0.2) is 0 Å². The van der Waals surface area contributed by atoms with Gasteiger partial charge in [0.2, 0.25) is 5.91 Å². The largest absolute Gasteiger partial charge is 0.394 e. The maximum Gasteiger partial charge on any atom is 0.224 e. The van der Waals surface area contributed by atoms with Crippen LogP contribution in [0.1, 0.15) is 13.3 Å². The standard InChI is InChI=1S/C9H15NO4S/c1-6(13)15-8-2-9(14)10(3-8)7(4-11)5-12/h7-8,11-12H,2-5H2,1H3. The minimum atomic E-state index is -0.532. The molecule has 0 spiro atoms. The molecule has 1 unspecified atom stereocenters. The molecule has 1 aliphatic rings. The summed E-state index contributed by atoms with van der Waals surface area (Å²) in [5.74, 6) is -0.109. The van der Waals surface area contributed by atoms with Crippen molar-refractivity contribution in [3.63, 3.8) is 0 Å². The third-order valence-electron chi connectivity index (χ3n) is 2.32. The molecule has 1 saturated heterocycles. The third kappa shape index (κ3) is 3.19. The van der Waals surface area contributed by atoms with Crippen molar-refractivity contribution < 1.29 is 19.8 Å². The van der Waals surface area contributed by atoms with Gasteiger partial charge >= 0.3 is 0 Å². The number of amides is 1. The molecular weight excluding hydrogens is 218 g/mol. The van der Waals surface area contributed by atoms with Crippen LogP contribution in [0.4, 0.5) is 0 Å². The molecule has 1 fully saturated rings. The summed E-state index contributed by atoms with van der Waals surface area (Å²) < 4.78 is 0. The summed E-state index contributed by atoms with van der Waals surface area (Å²) in [4.78, 5) is 23.8. The van der Waals surface area contributed by atoms with E-state index in [-0.39, 0.29) is 29.5 Å². The van der Waals surface area contributed by atoms with E-state index in [4.69, 9.17) is 10.2 Å². The first-order chi connectivity index (χ1) is 7.08. The smallest absolute Gasteiger partial charge is 0.224 e. The Hall–Kier alpha value is -0.590. The number of carbonyl (C=O) groups excluding carboxylic acids is 2. The molecule has 0 aromatic heterocycles. The average Bonchev–Trinajstić information content (AvgIpc) is 2.48. The highest BCUT2D eigenvalue weighted by molar-refractivity contribution is 8.14. The highest BCUT2D eigenvalue weighted by atomic mass is 32.2. The maximum atomic E-state index is 11.5. The van der Waals surface area contributed by atoms with Crippen LogP contribution in [0.5, 0.6) is 0 Å². The van der Waals surface area contributed by atoms with E-state index in [9.17, 15) is 9.59 Å². The van der Waals surface area contributed by atoms with Crippen LogP contribution in [0.2, 0.25) is 0 Å². The van der Waals surface area contributed by atoms with E-state index in [1.54, 1.807) is 0 Å². The molecule has 0 aromatic carbocycles. The molecule has 6 heteroatoms. The Morgan fingerprint density at radius 3 is 2.67 bits per heavy atom. The molecule has 1 atom stereocenters. The Morgan fingerprint density at radius 1 is 1.60 bits per heavy atom. The van der Waals surface area contributed by atoms with Crippen molar-refractivity contribution in [2.24, 2.45) is 0 Å². The van der Waals surface area contributed by atoms with E-state index in [2.05, 4.69) is 0 Å². The molecule has 1 heterocycles. The lowest BCUT2D eigenvalue weighted by atomic mass is 10.3. The Labute approximate surface area is 92.4 Å². The van der Waals surface area contributed by atoms with E-state index in [1.165, 1.54) is 11.8 Å². The van der Waals surface area contributed by atoms with Gasteiger partial charge in [-0.2, -0.15) is 0 Å². The molecule has 1 amide bonds. The number of nitrogens with zero attached hydrogens (tertiary/aromatic N) is 1. The zero-order valence-corrected chi connectivity index (χ0v) is 9.37. The molecule has 2 N–H and O–H groups in total. The third-order valence-corrected chi connectivity index (χ3v) is 3.30. The Bertz CT molecular complexity index is 254. The van der Waals surface area contributed by atoms with Gasteiger partial charge in [-0.05, 0) is 0 Å². The van der Waals surface area contributed by atoms with Gasteiger partial charge in [0.15, 0.2) is 5.12 Å². The van der Waals surface area contributed by atoms with Gasteiger partial charge in [-0.15, -0.1) is 0 Å². The fourth-order valence-electron chi connectivity index (χ4n) is 1.62. The zero-order valence-electron chi connectivity index (χ0n) is 8.55. The molecule has 0 aliphatic carbocycles. The van der Waals surface area contributed by atoms with Gasteiger partial charge in [0, 0.05) is 25.1 Å². The number of thioether (sulfide) groups is 1. The van der Waals surface area contributed by atoms with Crippen molar-refractivity contribution in [2.75, 3.05) is 19.8 Å². The minimum absolute atomic E-state index is 0.0146. The maximum absolute atomic E-state index is 11.5. The fraction of sp³-hybridized carbons (Fsp3) is 0.778. The van der Waals surface area contributed by atoms with Crippen molar-refractivity contribution >= 4 is 22.8 Å². The molecule has 1 aliphatic heterocycles. The molecule has 15 heavy (non-hydrogen) atoms. The van der Waals surface area contributed by atoms with Crippen molar-refractivity contribution in [3.05, 3.63) is 0 Å². The van der Waals surface area contributed by atoms with Crippen molar-refractivity contribution in [2.45, 2.75) is 24.6 Å². The quantitative estimate of drug-likeness (QED) is 0.666. The number of aliphatic hydroxyl groups is 2. The topological polar surface area (TPSA) is 77.8 Å².